The van der Waals surface area contributed by atoms with E-state index in [4.69, 9.17) is 10.5 Å². The lowest BCUT2D eigenvalue weighted by molar-refractivity contribution is -0.118. The molecule has 0 aromatic heterocycles. The lowest BCUT2D eigenvalue weighted by atomic mass is 10.1. The zero-order chi connectivity index (χ0) is 20.2. The number of nitriles is 3. The summed E-state index contributed by atoms with van der Waals surface area (Å²) >= 11 is 0. The van der Waals surface area contributed by atoms with E-state index in [9.17, 15) is 10.1 Å². The smallest absolute Gasteiger partial charge is 0.221 e. The van der Waals surface area contributed by atoms with Crippen LogP contribution in [0.25, 0.3) is 6.08 Å². The predicted octanol–water partition coefficient (Wildman–Crippen LogP) is 3.43. The van der Waals surface area contributed by atoms with Gasteiger partial charge in [0, 0.05) is 25.7 Å². The number of benzene rings is 1. The first-order chi connectivity index (χ1) is 13.0. The fourth-order valence-corrected chi connectivity index (χ4v) is 2.39. The normalized spacial score (nSPS) is 10.4. The third-order valence-electron chi connectivity index (χ3n) is 3.74. The van der Waals surface area contributed by atoms with E-state index in [-0.39, 0.29) is 16.8 Å². The Bertz CT molecular complexity index is 866. The summed E-state index contributed by atoms with van der Waals surface area (Å²) in [5.74, 6) is -0.467. The summed E-state index contributed by atoms with van der Waals surface area (Å²) in [6.07, 6.45) is 4.89. The molecule has 0 saturated heterocycles. The molecule has 0 unspecified atom stereocenters. The third-order valence-corrected chi connectivity index (χ3v) is 3.74. The Kier molecular flexibility index (Phi) is 8.59. The lowest BCUT2D eigenvalue weighted by Crippen LogP contribution is -2.21. The molecule has 0 spiro atoms. The van der Waals surface area contributed by atoms with E-state index in [0.717, 1.165) is 24.3 Å². The van der Waals surface area contributed by atoms with Crippen LogP contribution in [0.3, 0.4) is 0 Å². The highest BCUT2D eigenvalue weighted by Gasteiger charge is 2.12. The molecule has 0 atom stereocenters. The van der Waals surface area contributed by atoms with Crippen molar-refractivity contribution in [3.8, 4) is 18.2 Å². The first kappa shape index (κ1) is 21.2. The molecule has 6 nitrogen and oxygen atoms in total. The van der Waals surface area contributed by atoms with Crippen LogP contribution >= 0.6 is 0 Å². The van der Waals surface area contributed by atoms with Crippen LogP contribution in [0.2, 0.25) is 0 Å². The van der Waals surface area contributed by atoms with Crippen molar-refractivity contribution in [2.24, 2.45) is 0 Å². The molecule has 0 aliphatic rings. The monoisotopic (exact) mass is 359 g/mol. The number of anilines is 1. The Morgan fingerprint density at radius 1 is 1.07 bits per heavy atom. The van der Waals surface area contributed by atoms with Gasteiger partial charge in [0.05, 0.1) is 11.3 Å². The van der Waals surface area contributed by atoms with Crippen molar-refractivity contribution in [2.75, 3.05) is 18.0 Å². The largest absolute Gasteiger partial charge is 0.372 e. The lowest BCUT2D eigenvalue weighted by Gasteiger charge is -2.20. The van der Waals surface area contributed by atoms with Crippen LogP contribution in [-0.2, 0) is 4.79 Å². The maximum atomic E-state index is 11.3. The Hall–Kier alpha value is -3.82. The van der Waals surface area contributed by atoms with Gasteiger partial charge in [0.2, 0.25) is 5.91 Å². The number of hydrogen-bond acceptors (Lipinski definition) is 5. The Morgan fingerprint density at radius 2 is 1.67 bits per heavy atom. The van der Waals surface area contributed by atoms with Crippen LogP contribution in [0.15, 0.2) is 53.3 Å². The molecule has 1 N–H and O–H groups in total. The van der Waals surface area contributed by atoms with E-state index in [2.05, 4.69) is 24.1 Å². The number of carbonyl (C=O) groups is 1. The van der Waals surface area contributed by atoms with Crippen molar-refractivity contribution in [1.82, 2.24) is 5.32 Å². The summed E-state index contributed by atoms with van der Waals surface area (Å²) in [5, 5.41) is 29.8. The number of nitrogens with one attached hydrogen (secondary N) is 1. The van der Waals surface area contributed by atoms with Crippen LogP contribution < -0.4 is 10.2 Å². The molecule has 1 aromatic rings. The van der Waals surface area contributed by atoms with Crippen LogP contribution in [0.1, 0.15) is 26.3 Å². The summed E-state index contributed by atoms with van der Waals surface area (Å²) in [5.41, 5.74) is 1.69. The molecule has 1 amide bonds. The van der Waals surface area contributed by atoms with Gasteiger partial charge in [0.25, 0.3) is 0 Å². The van der Waals surface area contributed by atoms with Crippen molar-refractivity contribution >= 4 is 17.7 Å². The van der Waals surface area contributed by atoms with E-state index in [0.29, 0.717) is 0 Å². The standard InChI is InChI=1S/C21H21N5O/c1-4-26(5-2)20-11-9-17(10-12-20)7-6-8-18(13-22)21(25-16(3)27)19(14-23)15-24/h6-12H,4-5H2,1-3H3,(H,25,27)/b7-6+,18-8+. The molecule has 6 heteroatoms. The first-order valence-electron chi connectivity index (χ1n) is 8.46. The Balaban J connectivity index is 3.12. The van der Waals surface area contributed by atoms with Crippen molar-refractivity contribution in [3.63, 3.8) is 0 Å². The minimum atomic E-state index is -0.467. The zero-order valence-corrected chi connectivity index (χ0v) is 15.7. The van der Waals surface area contributed by atoms with E-state index in [1.807, 2.05) is 30.3 Å². The number of nitrogens with zero attached hydrogens (tertiary/aromatic N) is 4. The minimum Gasteiger partial charge on any atom is -0.372 e. The molecule has 27 heavy (non-hydrogen) atoms. The van der Waals surface area contributed by atoms with Crippen LogP contribution in [0.4, 0.5) is 5.69 Å². The predicted molar refractivity (Wildman–Crippen MR) is 105 cm³/mol. The van der Waals surface area contributed by atoms with Crippen molar-refractivity contribution in [3.05, 3.63) is 58.8 Å². The molecular formula is C21H21N5O. The van der Waals surface area contributed by atoms with Crippen LogP contribution in [0.5, 0.6) is 0 Å². The number of carbonyl (C=O) groups excluding carboxylic acids is 1. The number of hydrogen-bond donors (Lipinski definition) is 1. The zero-order valence-electron chi connectivity index (χ0n) is 15.7. The third kappa shape index (κ3) is 6.20. The van der Waals surface area contributed by atoms with Crippen molar-refractivity contribution in [1.29, 1.82) is 15.8 Å². The van der Waals surface area contributed by atoms with Gasteiger partial charge in [-0.05, 0) is 37.6 Å². The summed E-state index contributed by atoms with van der Waals surface area (Å²) < 4.78 is 0. The van der Waals surface area contributed by atoms with E-state index in [1.165, 1.54) is 13.0 Å². The van der Waals surface area contributed by atoms with Gasteiger partial charge in [-0.3, -0.25) is 4.79 Å². The molecule has 1 rings (SSSR count). The summed E-state index contributed by atoms with van der Waals surface area (Å²) in [6.45, 7) is 7.30. The maximum Gasteiger partial charge on any atom is 0.221 e. The van der Waals surface area contributed by atoms with E-state index in [1.54, 1.807) is 24.3 Å². The van der Waals surface area contributed by atoms with Gasteiger partial charge >= 0.3 is 0 Å². The van der Waals surface area contributed by atoms with Crippen molar-refractivity contribution < 1.29 is 4.79 Å². The highest BCUT2D eigenvalue weighted by Crippen LogP contribution is 2.16. The van der Waals surface area contributed by atoms with Gasteiger partial charge in [-0.25, -0.2) is 0 Å². The Labute approximate surface area is 159 Å². The molecule has 0 bridgehead atoms. The molecule has 136 valence electrons. The van der Waals surface area contributed by atoms with Gasteiger partial charge < -0.3 is 10.2 Å². The second-order valence-electron chi connectivity index (χ2n) is 5.47. The highest BCUT2D eigenvalue weighted by atomic mass is 16.1. The van der Waals surface area contributed by atoms with Gasteiger partial charge in [0.1, 0.15) is 18.2 Å². The number of rotatable bonds is 7. The second kappa shape index (κ2) is 10.9. The summed E-state index contributed by atoms with van der Waals surface area (Å²) in [6, 6.07) is 13.3. The Morgan fingerprint density at radius 3 is 2.11 bits per heavy atom. The molecule has 0 aliphatic carbocycles. The summed E-state index contributed by atoms with van der Waals surface area (Å²) in [4.78, 5) is 13.6. The molecule has 0 fully saturated rings. The first-order valence-corrected chi connectivity index (χ1v) is 8.46. The molecule has 0 saturated carbocycles. The van der Waals surface area contributed by atoms with Gasteiger partial charge in [-0.2, -0.15) is 15.8 Å². The molecule has 0 radical (unpaired) electrons. The highest BCUT2D eigenvalue weighted by molar-refractivity contribution is 5.78. The van der Waals surface area contributed by atoms with Gasteiger partial charge in [-0.15, -0.1) is 0 Å². The van der Waals surface area contributed by atoms with Crippen molar-refractivity contribution in [2.45, 2.75) is 20.8 Å². The maximum absolute atomic E-state index is 11.3. The summed E-state index contributed by atoms with van der Waals surface area (Å²) in [7, 11) is 0. The van der Waals surface area contributed by atoms with Gasteiger partial charge in [-0.1, -0.05) is 24.3 Å². The number of amides is 1. The van der Waals surface area contributed by atoms with Crippen LogP contribution in [-0.4, -0.2) is 19.0 Å². The SMILES string of the molecule is CCN(CC)c1ccc(/C=C/C=C(\C#N)C(NC(C)=O)=C(C#N)C#N)cc1. The average molecular weight is 359 g/mol. The quantitative estimate of drug-likeness (QED) is 0.593. The van der Waals surface area contributed by atoms with Gasteiger partial charge in [0.15, 0.2) is 5.57 Å². The van der Waals surface area contributed by atoms with E-state index >= 15 is 0 Å². The number of allylic oxidation sites excluding steroid dienone is 4. The molecular weight excluding hydrogens is 338 g/mol. The average Bonchev–Trinajstić information content (AvgIpc) is 2.67. The van der Waals surface area contributed by atoms with E-state index < -0.39 is 5.91 Å². The van der Waals surface area contributed by atoms with Crippen LogP contribution in [0, 0.1) is 34.0 Å². The molecule has 1 aromatic carbocycles. The molecule has 0 heterocycles. The topological polar surface area (TPSA) is 104 Å². The fourth-order valence-electron chi connectivity index (χ4n) is 2.39. The minimum absolute atomic E-state index is 0.0271. The fraction of sp³-hybridized carbons (Fsp3) is 0.238. The molecule has 0 aliphatic heterocycles. The second-order valence-corrected chi connectivity index (χ2v) is 5.47.